The number of benzene rings is 1. The Balaban J connectivity index is 1.95. The molecule has 0 fully saturated rings. The van der Waals surface area contributed by atoms with E-state index in [1.54, 1.807) is 4.90 Å². The molecule has 0 spiro atoms. The van der Waals surface area contributed by atoms with E-state index < -0.39 is 5.97 Å². The average Bonchev–Trinajstić information content (AvgIpc) is 2.93. The lowest BCUT2D eigenvalue weighted by atomic mass is 9.94. The Morgan fingerprint density at radius 3 is 2.91 bits per heavy atom. The van der Waals surface area contributed by atoms with Crippen molar-refractivity contribution in [3.8, 4) is 0 Å². The highest BCUT2D eigenvalue weighted by atomic mass is 16.5. The van der Waals surface area contributed by atoms with Gasteiger partial charge in [0.05, 0.1) is 13.2 Å². The Hall–Kier alpha value is -2.50. The predicted molar refractivity (Wildman–Crippen MR) is 85.3 cm³/mol. The number of amides is 1. The Morgan fingerprint density at radius 2 is 2.17 bits per heavy atom. The van der Waals surface area contributed by atoms with Gasteiger partial charge in [-0.2, -0.15) is 0 Å². The van der Waals surface area contributed by atoms with E-state index >= 15 is 0 Å². The van der Waals surface area contributed by atoms with Crippen LogP contribution in [-0.4, -0.2) is 40.7 Å². The topological polar surface area (TPSA) is 82.6 Å². The van der Waals surface area contributed by atoms with E-state index in [1.165, 1.54) is 18.1 Å². The summed E-state index contributed by atoms with van der Waals surface area (Å²) in [5.41, 5.74) is 3.28. The number of nitrogens with one attached hydrogen (secondary N) is 1. The fraction of sp³-hybridized carbons (Fsp3) is 0.412. The van der Waals surface area contributed by atoms with E-state index in [4.69, 9.17) is 9.84 Å². The second-order valence-electron chi connectivity index (χ2n) is 5.78. The molecule has 1 aromatic heterocycles. The number of hydrogen-bond acceptors (Lipinski definition) is 3. The lowest BCUT2D eigenvalue weighted by Gasteiger charge is -2.34. The fourth-order valence-electron chi connectivity index (χ4n) is 3.40. The molecule has 0 bridgehead atoms. The molecule has 0 radical (unpaired) electrons. The van der Waals surface area contributed by atoms with Crippen molar-refractivity contribution in [1.29, 1.82) is 0 Å². The number of carbonyl (C=O) groups excluding carboxylic acids is 1. The zero-order chi connectivity index (χ0) is 16.4. The van der Waals surface area contributed by atoms with Gasteiger partial charge in [-0.15, -0.1) is 0 Å². The van der Waals surface area contributed by atoms with Crippen LogP contribution in [0, 0.1) is 0 Å². The monoisotopic (exact) mass is 316 g/mol. The molecule has 1 aliphatic rings. The summed E-state index contributed by atoms with van der Waals surface area (Å²) in [6, 6.07) is 7.90. The summed E-state index contributed by atoms with van der Waals surface area (Å²) >= 11 is 0. The van der Waals surface area contributed by atoms with Crippen LogP contribution in [0.25, 0.3) is 10.9 Å². The van der Waals surface area contributed by atoms with Crippen LogP contribution in [0.5, 0.6) is 0 Å². The first kappa shape index (κ1) is 15.4. The zero-order valence-electron chi connectivity index (χ0n) is 13.0. The van der Waals surface area contributed by atoms with Crippen LogP contribution < -0.4 is 0 Å². The summed E-state index contributed by atoms with van der Waals surface area (Å²) in [6.45, 7) is 0.583. The summed E-state index contributed by atoms with van der Waals surface area (Å²) < 4.78 is 4.89. The number of carbonyl (C=O) groups is 2. The number of aromatic nitrogens is 1. The number of carboxylic acid groups (broad SMARTS) is 1. The minimum atomic E-state index is -0.817. The van der Waals surface area contributed by atoms with Crippen molar-refractivity contribution in [3.05, 3.63) is 35.5 Å². The summed E-state index contributed by atoms with van der Waals surface area (Å²) in [5.74, 6) is -0.817. The number of rotatable bonds is 4. The molecule has 0 aliphatic carbocycles. The van der Waals surface area contributed by atoms with Gasteiger partial charge in [-0.25, -0.2) is 4.79 Å². The Morgan fingerprint density at radius 1 is 1.39 bits per heavy atom. The van der Waals surface area contributed by atoms with Crippen LogP contribution in [0.1, 0.15) is 36.6 Å². The van der Waals surface area contributed by atoms with Crippen molar-refractivity contribution in [1.82, 2.24) is 9.88 Å². The number of aromatic amines is 1. The standard InChI is InChI=1S/C17H20N2O4/c1-23-17(22)19-10-9-12-11-5-2-3-6-13(11)18-16(12)14(19)7-4-8-15(20)21/h2-3,5-6,14,18H,4,7-10H2,1H3,(H,20,21)/t14-/m0/s1. The van der Waals surface area contributed by atoms with Crippen LogP contribution in [-0.2, 0) is 16.0 Å². The number of H-pyrrole nitrogens is 1. The van der Waals surface area contributed by atoms with Gasteiger partial charge in [0.2, 0.25) is 0 Å². The first-order chi connectivity index (χ1) is 11.1. The molecular formula is C17H20N2O4. The third-order valence-corrected chi connectivity index (χ3v) is 4.44. The summed E-state index contributed by atoms with van der Waals surface area (Å²) in [6.07, 6.45) is 1.61. The van der Waals surface area contributed by atoms with Crippen molar-refractivity contribution < 1.29 is 19.4 Å². The summed E-state index contributed by atoms with van der Waals surface area (Å²) in [7, 11) is 1.37. The second kappa shape index (κ2) is 6.32. The van der Waals surface area contributed by atoms with Crippen LogP contribution in [0.2, 0.25) is 0 Å². The average molecular weight is 316 g/mol. The van der Waals surface area contributed by atoms with Gasteiger partial charge in [0, 0.05) is 29.6 Å². The van der Waals surface area contributed by atoms with Gasteiger partial charge in [-0.3, -0.25) is 9.69 Å². The van der Waals surface area contributed by atoms with Crippen molar-refractivity contribution >= 4 is 23.0 Å². The van der Waals surface area contributed by atoms with E-state index in [0.29, 0.717) is 19.4 Å². The first-order valence-corrected chi connectivity index (χ1v) is 7.77. The molecule has 0 saturated heterocycles. The van der Waals surface area contributed by atoms with Gasteiger partial charge in [0.15, 0.2) is 0 Å². The molecule has 23 heavy (non-hydrogen) atoms. The number of nitrogens with zero attached hydrogens (tertiary/aromatic N) is 1. The minimum absolute atomic E-state index is 0.0983. The highest BCUT2D eigenvalue weighted by Crippen LogP contribution is 2.37. The largest absolute Gasteiger partial charge is 0.481 e. The highest BCUT2D eigenvalue weighted by molar-refractivity contribution is 5.85. The Bertz CT molecular complexity index is 737. The van der Waals surface area contributed by atoms with Crippen LogP contribution in [0.15, 0.2) is 24.3 Å². The maximum absolute atomic E-state index is 12.1. The minimum Gasteiger partial charge on any atom is -0.481 e. The van der Waals surface area contributed by atoms with E-state index in [-0.39, 0.29) is 18.6 Å². The molecule has 6 heteroatoms. The lowest BCUT2D eigenvalue weighted by Crippen LogP contribution is -2.40. The molecule has 122 valence electrons. The molecule has 0 saturated carbocycles. The normalized spacial score (nSPS) is 17.1. The van der Waals surface area contributed by atoms with Gasteiger partial charge in [0.1, 0.15) is 0 Å². The number of carboxylic acids is 1. The molecule has 1 amide bonds. The van der Waals surface area contributed by atoms with Crippen molar-refractivity contribution in [2.75, 3.05) is 13.7 Å². The molecule has 1 aliphatic heterocycles. The van der Waals surface area contributed by atoms with E-state index in [9.17, 15) is 9.59 Å². The molecule has 2 aromatic rings. The van der Waals surface area contributed by atoms with Gasteiger partial charge in [0.25, 0.3) is 0 Å². The van der Waals surface area contributed by atoms with Gasteiger partial charge < -0.3 is 14.8 Å². The fourth-order valence-corrected chi connectivity index (χ4v) is 3.40. The molecule has 3 rings (SSSR count). The van der Waals surface area contributed by atoms with Crippen molar-refractivity contribution in [2.45, 2.75) is 31.7 Å². The maximum atomic E-state index is 12.1. The molecule has 0 unspecified atom stereocenters. The molecule has 1 atom stereocenters. The number of hydrogen-bond donors (Lipinski definition) is 2. The smallest absolute Gasteiger partial charge is 0.410 e. The van der Waals surface area contributed by atoms with Gasteiger partial charge in [-0.05, 0) is 30.9 Å². The second-order valence-corrected chi connectivity index (χ2v) is 5.78. The van der Waals surface area contributed by atoms with E-state index in [2.05, 4.69) is 11.1 Å². The highest BCUT2D eigenvalue weighted by Gasteiger charge is 2.33. The SMILES string of the molecule is COC(=O)N1CCc2c([nH]c3ccccc23)[C@@H]1CCCC(=O)O. The third-order valence-electron chi connectivity index (χ3n) is 4.44. The number of aliphatic carboxylic acids is 1. The molecule has 1 aromatic carbocycles. The van der Waals surface area contributed by atoms with Crippen molar-refractivity contribution in [2.24, 2.45) is 0 Å². The van der Waals surface area contributed by atoms with E-state index in [0.717, 1.165) is 17.6 Å². The zero-order valence-corrected chi connectivity index (χ0v) is 13.0. The first-order valence-electron chi connectivity index (χ1n) is 7.77. The van der Waals surface area contributed by atoms with E-state index in [1.807, 2.05) is 18.2 Å². The van der Waals surface area contributed by atoms with Gasteiger partial charge in [-0.1, -0.05) is 18.2 Å². The van der Waals surface area contributed by atoms with Crippen molar-refractivity contribution in [3.63, 3.8) is 0 Å². The Kier molecular flexibility index (Phi) is 4.23. The summed E-state index contributed by atoms with van der Waals surface area (Å²) in [4.78, 5) is 28.0. The van der Waals surface area contributed by atoms with Crippen LogP contribution in [0.3, 0.4) is 0 Å². The quantitative estimate of drug-likeness (QED) is 0.908. The summed E-state index contributed by atoms with van der Waals surface area (Å²) in [5, 5.41) is 10.0. The third kappa shape index (κ3) is 2.88. The number of methoxy groups -OCH3 is 1. The number of ether oxygens (including phenoxy) is 1. The number of para-hydroxylation sites is 1. The van der Waals surface area contributed by atoms with Crippen LogP contribution in [0.4, 0.5) is 4.79 Å². The van der Waals surface area contributed by atoms with Gasteiger partial charge >= 0.3 is 12.1 Å². The maximum Gasteiger partial charge on any atom is 0.410 e. The molecule has 2 heterocycles. The number of fused-ring (bicyclic) bond motifs is 3. The van der Waals surface area contributed by atoms with Crippen LogP contribution >= 0.6 is 0 Å². The molecule has 2 N–H and O–H groups in total. The Labute approximate surface area is 134 Å². The molecule has 6 nitrogen and oxygen atoms in total. The molecular weight excluding hydrogens is 296 g/mol. The predicted octanol–water partition coefficient (Wildman–Crippen LogP) is 3.09. The lowest BCUT2D eigenvalue weighted by molar-refractivity contribution is -0.137.